The maximum Gasteiger partial charge on any atom is 0.258 e. The Kier molecular flexibility index (Phi) is 6.82. The van der Waals surface area contributed by atoms with Crippen LogP contribution >= 0.6 is 11.6 Å². The number of carbonyl (C=O) groups is 1. The predicted molar refractivity (Wildman–Crippen MR) is 165 cm³/mol. The Morgan fingerprint density at radius 3 is 2.42 bits per heavy atom. The Hall–Kier alpha value is -4.76. The van der Waals surface area contributed by atoms with Crippen molar-refractivity contribution in [3.8, 4) is 28.2 Å². The molecule has 4 heterocycles. The van der Waals surface area contributed by atoms with E-state index in [1.54, 1.807) is 29.2 Å². The topological polar surface area (TPSA) is 113 Å². The number of aromatic nitrogens is 6. The standard InChI is InChI=1S/C33H30ClN7O2/c1-3-4-9-26-35-28-19(2)18-40-30(31(42)27(33(40)43)21-10-14-22(34)15-11-21)29(28)41(26)23-16-12-20(13-17-23)24-7-5-6-8-25(24)32-36-38-39-37-32/h5-8,10-17,19,30,42H,3-4,9,18H2,1-2H3,(H,36,37,38,39). The number of fused-ring (bicyclic) bond motifs is 3. The molecular formula is C33H30ClN7O2. The van der Waals surface area contributed by atoms with E-state index in [4.69, 9.17) is 16.6 Å². The summed E-state index contributed by atoms with van der Waals surface area (Å²) in [5.74, 6) is 1.34. The molecule has 43 heavy (non-hydrogen) atoms. The molecule has 0 saturated heterocycles. The minimum atomic E-state index is -0.620. The van der Waals surface area contributed by atoms with E-state index in [9.17, 15) is 9.90 Å². The third-order valence-corrected chi connectivity index (χ3v) is 8.60. The second kappa shape index (κ2) is 10.8. The number of unbranched alkanes of at least 4 members (excludes halogenated alkanes) is 1. The first-order valence-electron chi connectivity index (χ1n) is 14.5. The van der Waals surface area contributed by atoms with Crippen LogP contribution < -0.4 is 0 Å². The molecule has 9 nitrogen and oxygen atoms in total. The molecular weight excluding hydrogens is 562 g/mol. The molecule has 2 aromatic heterocycles. The molecule has 0 fully saturated rings. The first-order valence-corrected chi connectivity index (χ1v) is 14.9. The highest BCUT2D eigenvalue weighted by molar-refractivity contribution is 6.30. The van der Waals surface area contributed by atoms with Crippen molar-refractivity contribution in [3.05, 3.63) is 106 Å². The highest BCUT2D eigenvalue weighted by atomic mass is 35.5. The zero-order chi connectivity index (χ0) is 29.7. The molecule has 1 amide bonds. The lowest BCUT2D eigenvalue weighted by atomic mass is 9.94. The quantitative estimate of drug-likeness (QED) is 0.218. The van der Waals surface area contributed by atoms with Gasteiger partial charge in [-0.25, -0.2) is 4.98 Å². The summed E-state index contributed by atoms with van der Waals surface area (Å²) >= 11 is 6.12. The van der Waals surface area contributed by atoms with Gasteiger partial charge in [0.15, 0.2) is 0 Å². The zero-order valence-corrected chi connectivity index (χ0v) is 24.6. The van der Waals surface area contributed by atoms with Gasteiger partial charge in [-0.15, -0.1) is 10.2 Å². The fourth-order valence-electron chi connectivity index (χ4n) is 6.30. The largest absolute Gasteiger partial charge is 0.509 e. The van der Waals surface area contributed by atoms with Crippen molar-refractivity contribution in [1.29, 1.82) is 0 Å². The van der Waals surface area contributed by atoms with E-state index in [0.29, 0.717) is 28.5 Å². The van der Waals surface area contributed by atoms with E-state index in [1.807, 2.05) is 24.3 Å². The lowest BCUT2D eigenvalue weighted by Crippen LogP contribution is -2.38. The molecule has 216 valence electrons. The van der Waals surface area contributed by atoms with Crippen molar-refractivity contribution in [2.45, 2.75) is 45.1 Å². The zero-order valence-electron chi connectivity index (χ0n) is 23.8. The van der Waals surface area contributed by atoms with Crippen molar-refractivity contribution in [2.24, 2.45) is 0 Å². The Balaban J connectivity index is 1.36. The number of amides is 1. The summed E-state index contributed by atoms with van der Waals surface area (Å²) in [7, 11) is 0. The number of nitrogens with one attached hydrogen (secondary N) is 1. The SMILES string of the molecule is CCCCc1nc2c(n1-c1ccc(-c3ccccc3-c3nn[nH]n3)cc1)C1C(O)=C(c3ccc(Cl)cc3)C(=O)N1CC2C. The van der Waals surface area contributed by atoms with Gasteiger partial charge in [0.2, 0.25) is 5.82 Å². The van der Waals surface area contributed by atoms with Gasteiger partial charge in [0.05, 0.1) is 17.0 Å². The van der Waals surface area contributed by atoms with E-state index in [2.05, 4.69) is 63.3 Å². The van der Waals surface area contributed by atoms with Crippen molar-refractivity contribution in [3.63, 3.8) is 0 Å². The average molecular weight is 592 g/mol. The number of rotatable bonds is 7. The molecule has 3 aromatic carbocycles. The van der Waals surface area contributed by atoms with Gasteiger partial charge >= 0.3 is 0 Å². The molecule has 2 aliphatic heterocycles. The molecule has 2 unspecified atom stereocenters. The fraction of sp³-hybridized carbons (Fsp3) is 0.242. The number of H-pyrrole nitrogens is 1. The molecule has 0 saturated carbocycles. The van der Waals surface area contributed by atoms with Gasteiger partial charge in [-0.2, -0.15) is 5.21 Å². The van der Waals surface area contributed by atoms with Gasteiger partial charge in [-0.1, -0.05) is 80.4 Å². The summed E-state index contributed by atoms with van der Waals surface area (Å²) in [5.41, 5.74) is 6.54. The van der Waals surface area contributed by atoms with Gasteiger partial charge in [-0.3, -0.25) is 9.36 Å². The molecule has 7 rings (SSSR count). The smallest absolute Gasteiger partial charge is 0.258 e. The molecule has 5 aromatic rings. The fourth-order valence-corrected chi connectivity index (χ4v) is 6.43. The molecule has 2 atom stereocenters. The first-order chi connectivity index (χ1) is 21.0. The number of aryl methyl sites for hydroxylation is 1. The van der Waals surface area contributed by atoms with Gasteiger partial charge in [0.25, 0.3) is 5.91 Å². The van der Waals surface area contributed by atoms with Gasteiger partial charge in [-0.05, 0) is 52.6 Å². The molecule has 0 spiro atoms. The Bertz CT molecular complexity index is 1840. The Labute approximate surface area is 253 Å². The number of carbonyl (C=O) groups excluding carboxylic acids is 1. The summed E-state index contributed by atoms with van der Waals surface area (Å²) in [5, 5.41) is 26.9. The molecule has 10 heteroatoms. The highest BCUT2D eigenvalue weighted by Crippen LogP contribution is 2.48. The lowest BCUT2D eigenvalue weighted by molar-refractivity contribution is -0.126. The lowest BCUT2D eigenvalue weighted by Gasteiger charge is -2.34. The Morgan fingerprint density at radius 1 is 1.00 bits per heavy atom. The number of aromatic amines is 1. The Morgan fingerprint density at radius 2 is 1.72 bits per heavy atom. The van der Waals surface area contributed by atoms with Crippen molar-refractivity contribution in [1.82, 2.24) is 35.1 Å². The number of tetrazole rings is 1. The van der Waals surface area contributed by atoms with Crippen LogP contribution in [0.3, 0.4) is 0 Å². The number of aliphatic hydroxyl groups is 1. The normalized spacial score (nSPS) is 17.8. The van der Waals surface area contributed by atoms with Gasteiger partial charge in [0, 0.05) is 35.2 Å². The predicted octanol–water partition coefficient (Wildman–Crippen LogP) is 6.69. The number of benzene rings is 3. The maximum atomic E-state index is 13.8. The number of imidazole rings is 1. The summed E-state index contributed by atoms with van der Waals surface area (Å²) in [6, 6.07) is 22.7. The first kappa shape index (κ1) is 27.1. The minimum absolute atomic E-state index is 0.00954. The van der Waals surface area contributed by atoms with Crippen molar-refractivity contribution in [2.75, 3.05) is 6.54 Å². The van der Waals surface area contributed by atoms with E-state index in [0.717, 1.165) is 58.9 Å². The number of nitrogens with zero attached hydrogens (tertiary/aromatic N) is 6. The number of hydrogen-bond acceptors (Lipinski definition) is 6. The average Bonchev–Trinajstić information content (AvgIpc) is 3.75. The van der Waals surface area contributed by atoms with Crippen molar-refractivity contribution < 1.29 is 9.90 Å². The summed E-state index contributed by atoms with van der Waals surface area (Å²) in [6.45, 7) is 4.74. The monoisotopic (exact) mass is 591 g/mol. The van der Waals surface area contributed by atoms with E-state index >= 15 is 0 Å². The van der Waals surface area contributed by atoms with Gasteiger partial charge in [0.1, 0.15) is 17.6 Å². The molecule has 0 radical (unpaired) electrons. The van der Waals surface area contributed by atoms with Crippen molar-refractivity contribution >= 4 is 23.1 Å². The van der Waals surface area contributed by atoms with Gasteiger partial charge < -0.3 is 10.0 Å². The third kappa shape index (κ3) is 4.51. The number of hydrogen-bond donors (Lipinski definition) is 2. The van der Waals surface area contributed by atoms with Crippen LogP contribution in [0.2, 0.25) is 5.02 Å². The maximum absolute atomic E-state index is 13.8. The summed E-state index contributed by atoms with van der Waals surface area (Å²) in [6.07, 6.45) is 2.79. The number of halogens is 1. The second-order valence-corrected chi connectivity index (χ2v) is 11.5. The molecule has 0 aliphatic carbocycles. The van der Waals surface area contributed by atoms with Crippen LogP contribution in [0.4, 0.5) is 0 Å². The summed E-state index contributed by atoms with van der Waals surface area (Å²) < 4.78 is 2.15. The minimum Gasteiger partial charge on any atom is -0.509 e. The van der Waals surface area contributed by atoms with Crippen LogP contribution in [0.1, 0.15) is 61.4 Å². The molecule has 0 bridgehead atoms. The van der Waals surface area contributed by atoms with E-state index in [1.165, 1.54) is 0 Å². The van der Waals surface area contributed by atoms with Crippen LogP contribution in [0.25, 0.3) is 33.8 Å². The number of aliphatic hydroxyl groups excluding tert-OH is 1. The van der Waals surface area contributed by atoms with Crippen LogP contribution in [0, 0.1) is 0 Å². The van der Waals surface area contributed by atoms with Crippen LogP contribution in [0.5, 0.6) is 0 Å². The summed E-state index contributed by atoms with van der Waals surface area (Å²) in [4.78, 5) is 20.7. The molecule has 2 aliphatic rings. The highest BCUT2D eigenvalue weighted by Gasteiger charge is 2.48. The van der Waals surface area contributed by atoms with Crippen LogP contribution in [-0.4, -0.2) is 52.6 Å². The second-order valence-electron chi connectivity index (χ2n) is 11.1. The van der Waals surface area contributed by atoms with Crippen LogP contribution in [-0.2, 0) is 11.2 Å². The van der Waals surface area contributed by atoms with E-state index in [-0.39, 0.29) is 17.6 Å². The van der Waals surface area contributed by atoms with Crippen LogP contribution in [0.15, 0.2) is 78.6 Å². The third-order valence-electron chi connectivity index (χ3n) is 8.35. The van der Waals surface area contributed by atoms with E-state index < -0.39 is 6.04 Å². The molecule has 2 N–H and O–H groups in total.